The number of H-pyrrole nitrogens is 1. The minimum atomic E-state index is 0.490. The van der Waals surface area contributed by atoms with Gasteiger partial charge in [0.1, 0.15) is 6.61 Å². The summed E-state index contributed by atoms with van der Waals surface area (Å²) in [6, 6.07) is 25.1. The lowest BCUT2D eigenvalue weighted by atomic mass is 10.00. The number of nitrogens with zero attached hydrogens (tertiary/aromatic N) is 2. The molecule has 0 amide bonds. The highest BCUT2D eigenvalue weighted by atomic mass is 16.5. The third-order valence-electron chi connectivity index (χ3n) is 6.21. The van der Waals surface area contributed by atoms with E-state index in [9.17, 15) is 0 Å². The molecule has 0 radical (unpaired) electrons. The fraction of sp³-hybridized carbons (Fsp3) is 0.250. The lowest BCUT2D eigenvalue weighted by Crippen LogP contribution is -2.29. The first-order valence-corrected chi connectivity index (χ1v) is 11.4. The van der Waals surface area contributed by atoms with E-state index in [1.54, 1.807) is 7.11 Å². The molecule has 0 unspecified atom stereocenters. The summed E-state index contributed by atoms with van der Waals surface area (Å²) in [5, 5.41) is 7.96. The number of nitrogens with one attached hydrogen (secondary N) is 1. The van der Waals surface area contributed by atoms with E-state index in [1.807, 2.05) is 12.1 Å². The number of hydrogen-bond acceptors (Lipinski definition) is 4. The van der Waals surface area contributed by atoms with Crippen molar-refractivity contribution in [2.75, 3.05) is 13.7 Å². The number of benzene rings is 3. The number of fused-ring (bicyclic) bond motifs is 1. The van der Waals surface area contributed by atoms with Crippen LogP contribution in [0.1, 0.15) is 27.9 Å². The quantitative estimate of drug-likeness (QED) is 0.411. The summed E-state index contributed by atoms with van der Waals surface area (Å²) in [5.41, 5.74) is 8.23. The molecule has 1 aliphatic heterocycles. The number of methoxy groups -OCH3 is 1. The molecule has 168 valence electrons. The summed E-state index contributed by atoms with van der Waals surface area (Å²) in [5.74, 6) is 1.45. The summed E-state index contributed by atoms with van der Waals surface area (Å²) >= 11 is 0. The Labute approximate surface area is 195 Å². The number of ether oxygens (including phenoxy) is 2. The molecule has 4 aromatic rings. The van der Waals surface area contributed by atoms with Gasteiger partial charge in [-0.25, -0.2) is 0 Å². The minimum Gasteiger partial charge on any atom is -0.493 e. The predicted octanol–water partition coefficient (Wildman–Crippen LogP) is 5.53. The zero-order chi connectivity index (χ0) is 22.6. The molecule has 0 saturated carbocycles. The Hall–Kier alpha value is -3.57. The van der Waals surface area contributed by atoms with Gasteiger partial charge in [-0.2, -0.15) is 5.10 Å². The molecule has 0 aliphatic carbocycles. The second-order valence-corrected chi connectivity index (χ2v) is 8.62. The molecule has 0 spiro atoms. The van der Waals surface area contributed by atoms with Crippen molar-refractivity contribution in [3.05, 3.63) is 101 Å². The zero-order valence-electron chi connectivity index (χ0n) is 19.2. The van der Waals surface area contributed by atoms with Crippen LogP contribution in [0.25, 0.3) is 11.3 Å². The van der Waals surface area contributed by atoms with E-state index in [0.29, 0.717) is 6.61 Å². The topological polar surface area (TPSA) is 50.4 Å². The van der Waals surface area contributed by atoms with Gasteiger partial charge in [0, 0.05) is 42.9 Å². The molecular formula is C28H29N3O2. The van der Waals surface area contributed by atoms with E-state index in [0.717, 1.165) is 54.4 Å². The van der Waals surface area contributed by atoms with Crippen molar-refractivity contribution in [1.29, 1.82) is 0 Å². The van der Waals surface area contributed by atoms with Crippen LogP contribution < -0.4 is 9.47 Å². The first-order chi connectivity index (χ1) is 16.2. The van der Waals surface area contributed by atoms with E-state index < -0.39 is 0 Å². The molecule has 1 aromatic heterocycles. The first kappa shape index (κ1) is 21.3. The van der Waals surface area contributed by atoms with E-state index in [-0.39, 0.29) is 0 Å². The molecule has 5 nitrogen and oxygen atoms in total. The van der Waals surface area contributed by atoms with E-state index in [2.05, 4.69) is 82.7 Å². The van der Waals surface area contributed by atoms with E-state index >= 15 is 0 Å². The SMILES string of the molecule is COc1ccc(-c2n[nH]c3c2CN(Cc2ccccc2)CC3)cc1OCc1ccc(C)cc1. The van der Waals surface area contributed by atoms with Crippen molar-refractivity contribution in [2.24, 2.45) is 0 Å². The Kier molecular flexibility index (Phi) is 6.13. The molecule has 0 bridgehead atoms. The maximum Gasteiger partial charge on any atom is 0.162 e. The maximum atomic E-state index is 6.16. The highest BCUT2D eigenvalue weighted by Gasteiger charge is 2.23. The molecule has 2 heterocycles. The predicted molar refractivity (Wildman–Crippen MR) is 130 cm³/mol. The third-order valence-corrected chi connectivity index (χ3v) is 6.21. The molecule has 33 heavy (non-hydrogen) atoms. The van der Waals surface area contributed by atoms with Crippen LogP contribution in [0.4, 0.5) is 0 Å². The van der Waals surface area contributed by atoms with Crippen LogP contribution in [0, 0.1) is 6.92 Å². The third kappa shape index (κ3) is 4.78. The largest absolute Gasteiger partial charge is 0.493 e. The second kappa shape index (κ2) is 9.51. The van der Waals surface area contributed by atoms with Gasteiger partial charge in [0.2, 0.25) is 0 Å². The average molecular weight is 440 g/mol. The molecule has 1 N–H and O–H groups in total. The highest BCUT2D eigenvalue weighted by molar-refractivity contribution is 5.68. The molecular weight excluding hydrogens is 410 g/mol. The molecule has 0 fully saturated rings. The van der Waals surface area contributed by atoms with Gasteiger partial charge in [0.05, 0.1) is 12.8 Å². The summed E-state index contributed by atoms with van der Waals surface area (Å²) < 4.78 is 11.7. The summed E-state index contributed by atoms with van der Waals surface area (Å²) in [6.07, 6.45) is 0.974. The Balaban J connectivity index is 1.37. The summed E-state index contributed by atoms with van der Waals surface area (Å²) in [6.45, 7) is 5.42. The number of hydrogen-bond donors (Lipinski definition) is 1. The van der Waals surface area contributed by atoms with Gasteiger partial charge in [-0.15, -0.1) is 0 Å². The number of aromatic amines is 1. The number of aryl methyl sites for hydroxylation is 1. The molecule has 0 saturated heterocycles. The summed E-state index contributed by atoms with van der Waals surface area (Å²) in [7, 11) is 1.67. The second-order valence-electron chi connectivity index (χ2n) is 8.62. The Morgan fingerprint density at radius 2 is 1.76 bits per heavy atom. The van der Waals surface area contributed by atoms with Gasteiger partial charge in [0.25, 0.3) is 0 Å². The van der Waals surface area contributed by atoms with Gasteiger partial charge < -0.3 is 9.47 Å². The van der Waals surface area contributed by atoms with Crippen molar-refractivity contribution in [2.45, 2.75) is 33.0 Å². The van der Waals surface area contributed by atoms with Gasteiger partial charge in [-0.3, -0.25) is 10.00 Å². The molecule has 0 atom stereocenters. The highest BCUT2D eigenvalue weighted by Crippen LogP contribution is 2.35. The van der Waals surface area contributed by atoms with E-state index in [1.165, 1.54) is 22.4 Å². The maximum absolute atomic E-state index is 6.16. The van der Waals surface area contributed by atoms with Crippen LogP contribution >= 0.6 is 0 Å². The van der Waals surface area contributed by atoms with Crippen LogP contribution in [-0.2, 0) is 26.1 Å². The lowest BCUT2D eigenvalue weighted by Gasteiger charge is -2.27. The van der Waals surface area contributed by atoms with Crippen LogP contribution in [-0.4, -0.2) is 28.8 Å². The molecule has 5 heteroatoms. The Morgan fingerprint density at radius 1 is 0.939 bits per heavy atom. The monoisotopic (exact) mass is 439 g/mol. The molecule has 3 aromatic carbocycles. The average Bonchev–Trinajstić information content (AvgIpc) is 3.27. The Morgan fingerprint density at radius 3 is 2.55 bits per heavy atom. The van der Waals surface area contributed by atoms with Gasteiger partial charge >= 0.3 is 0 Å². The van der Waals surface area contributed by atoms with Crippen molar-refractivity contribution < 1.29 is 9.47 Å². The van der Waals surface area contributed by atoms with Gasteiger partial charge in [0.15, 0.2) is 11.5 Å². The van der Waals surface area contributed by atoms with Crippen LogP contribution in [0.15, 0.2) is 72.8 Å². The lowest BCUT2D eigenvalue weighted by molar-refractivity contribution is 0.245. The van der Waals surface area contributed by atoms with Crippen LogP contribution in [0.2, 0.25) is 0 Å². The fourth-order valence-corrected chi connectivity index (χ4v) is 4.35. The minimum absolute atomic E-state index is 0.490. The fourth-order valence-electron chi connectivity index (χ4n) is 4.35. The Bertz CT molecular complexity index is 1220. The number of aromatic nitrogens is 2. The first-order valence-electron chi connectivity index (χ1n) is 11.4. The van der Waals surface area contributed by atoms with Crippen LogP contribution in [0.5, 0.6) is 11.5 Å². The van der Waals surface area contributed by atoms with E-state index in [4.69, 9.17) is 9.47 Å². The number of rotatable bonds is 7. The van der Waals surface area contributed by atoms with Crippen molar-refractivity contribution in [3.8, 4) is 22.8 Å². The zero-order valence-corrected chi connectivity index (χ0v) is 19.2. The molecule has 1 aliphatic rings. The molecule has 5 rings (SSSR count). The standard InChI is InChI=1S/C28H29N3O2/c1-20-8-10-22(11-9-20)19-33-27-16-23(12-13-26(27)32-2)28-24-18-31(15-14-25(24)29-30-28)17-21-6-4-3-5-7-21/h3-13,16H,14-15,17-19H2,1-2H3,(H,29,30). The van der Waals surface area contributed by atoms with Crippen molar-refractivity contribution >= 4 is 0 Å². The summed E-state index contributed by atoms with van der Waals surface area (Å²) in [4.78, 5) is 2.48. The van der Waals surface area contributed by atoms with Gasteiger partial charge in [-0.05, 0) is 36.2 Å². The van der Waals surface area contributed by atoms with Crippen molar-refractivity contribution in [1.82, 2.24) is 15.1 Å². The van der Waals surface area contributed by atoms with Gasteiger partial charge in [-0.1, -0.05) is 60.2 Å². The van der Waals surface area contributed by atoms with Crippen molar-refractivity contribution in [3.63, 3.8) is 0 Å². The smallest absolute Gasteiger partial charge is 0.162 e. The van der Waals surface area contributed by atoms with Crippen LogP contribution in [0.3, 0.4) is 0 Å². The normalized spacial score (nSPS) is 13.5.